The Labute approximate surface area is 347 Å². The molecular weight excluding hydrogens is 671 g/mol. The Kier molecular flexibility index (Phi) is 50.4. The van der Waals surface area contributed by atoms with E-state index in [2.05, 4.69) is 45.2 Å². The van der Waals surface area contributed by atoms with Crippen LogP contribution in [0, 0.1) is 0 Å². The number of unbranched alkanes of at least 4 members (excludes halogenated alkanes) is 32. The molecule has 0 aliphatic rings. The molecule has 0 saturated carbocycles. The van der Waals surface area contributed by atoms with E-state index in [0.717, 1.165) is 62.7 Å². The molecule has 0 atom stereocenters. The number of hydrogen-bond donors (Lipinski definition) is 2. The third-order valence-corrected chi connectivity index (χ3v) is 11.2. The number of hydrogen-bond acceptors (Lipinski definition) is 2. The fourth-order valence-corrected chi connectivity index (χ4v) is 7.43. The van der Waals surface area contributed by atoms with Gasteiger partial charge in [-0.25, -0.2) is 0 Å². The van der Waals surface area contributed by atoms with E-state index in [1.807, 2.05) is 0 Å². The topological polar surface area (TPSA) is 101 Å². The molecule has 0 spiro atoms. The van der Waals surface area contributed by atoms with Crippen molar-refractivity contribution in [2.45, 2.75) is 272 Å². The van der Waals surface area contributed by atoms with Crippen LogP contribution in [-0.4, -0.2) is 20.2 Å². The Balaban J connectivity index is 0. The van der Waals surface area contributed by atoms with Gasteiger partial charge in [-0.15, -0.1) is 5.46 Å². The largest absolute Gasteiger partial charge is 0.889 e. The minimum absolute atomic E-state index is 0.407. The van der Waals surface area contributed by atoms with Gasteiger partial charge in [0.05, 0.1) is 13.1 Å². The summed E-state index contributed by atoms with van der Waals surface area (Å²) in [6.07, 6.45) is 52.8. The second-order valence-corrected chi connectivity index (χ2v) is 16.9. The van der Waals surface area contributed by atoms with Crippen LogP contribution in [0.15, 0.2) is 18.2 Å². The molecule has 0 heterocycles. The van der Waals surface area contributed by atoms with Crippen molar-refractivity contribution in [3.8, 4) is 0 Å². The number of benzene rings is 1. The van der Waals surface area contributed by atoms with E-state index in [0.29, 0.717) is 5.46 Å². The highest BCUT2D eigenvalue weighted by Crippen LogP contribution is 2.15. The van der Waals surface area contributed by atoms with Gasteiger partial charge in [-0.3, -0.25) is 0 Å². The maximum absolute atomic E-state index is 11.0. The molecule has 0 fully saturated rings. The Morgan fingerprint density at radius 3 is 0.745 bits per heavy atom. The zero-order valence-electron chi connectivity index (χ0n) is 38.3. The summed E-state index contributed by atoms with van der Waals surface area (Å²) in [4.78, 5) is 0. The molecule has 4 nitrogen and oxygen atoms in total. The van der Waals surface area contributed by atoms with E-state index in [-0.39, 0.29) is 0 Å². The molecule has 1 rings (SSSR count). The summed E-state index contributed by atoms with van der Waals surface area (Å²) >= 11 is 0. The highest BCUT2D eigenvalue weighted by molar-refractivity contribution is 6.55. The molecule has 0 bridgehead atoms. The maximum Gasteiger partial charge on any atom is 0.0739 e. The van der Waals surface area contributed by atoms with Crippen LogP contribution < -0.4 is 27.0 Å². The van der Waals surface area contributed by atoms with Crippen LogP contribution in [-0.2, 0) is 12.8 Å². The Bertz CT molecular complexity index is 744. The van der Waals surface area contributed by atoms with E-state index < -0.39 is 7.12 Å². The van der Waals surface area contributed by atoms with E-state index in [1.54, 1.807) is 12.1 Å². The van der Waals surface area contributed by atoms with Gasteiger partial charge in [0, 0.05) is 0 Å². The second-order valence-electron chi connectivity index (χ2n) is 16.9. The molecule has 0 saturated heterocycles. The van der Waals surface area contributed by atoms with Crippen molar-refractivity contribution in [2.24, 2.45) is 0 Å². The smallest absolute Gasteiger partial charge is 0.0739 e. The fourth-order valence-electron chi connectivity index (χ4n) is 7.43. The van der Waals surface area contributed by atoms with Crippen LogP contribution in [0.25, 0.3) is 0 Å². The van der Waals surface area contributed by atoms with E-state index in [9.17, 15) is 10.0 Å². The lowest BCUT2D eigenvalue weighted by Crippen LogP contribution is -2.55. The molecule has 55 heavy (non-hydrogen) atoms. The van der Waals surface area contributed by atoms with E-state index in [1.165, 1.54) is 205 Å². The summed E-state index contributed by atoms with van der Waals surface area (Å²) in [5, 5.41) is 22.1. The van der Waals surface area contributed by atoms with Crippen molar-refractivity contribution in [1.29, 1.82) is 0 Å². The predicted molar refractivity (Wildman–Crippen MR) is 244 cm³/mol. The molecular formula is C50H101BN2O2. The van der Waals surface area contributed by atoms with Gasteiger partial charge in [0.25, 0.3) is 0 Å². The molecule has 326 valence electrons. The third-order valence-electron chi connectivity index (χ3n) is 11.2. The van der Waals surface area contributed by atoms with Crippen molar-refractivity contribution < 1.29 is 21.5 Å². The molecule has 0 aromatic heterocycles. The third kappa shape index (κ3) is 45.7. The first-order chi connectivity index (χ1) is 27.0. The van der Waals surface area contributed by atoms with Gasteiger partial charge in [0.1, 0.15) is 0 Å². The Hall–Kier alpha value is -0.875. The van der Waals surface area contributed by atoms with Crippen LogP contribution >= 0.6 is 0 Å². The summed E-state index contributed by atoms with van der Waals surface area (Å²) in [6.45, 7) is 11.1. The zero-order valence-corrected chi connectivity index (χ0v) is 38.3. The molecule has 0 aliphatic carbocycles. The fraction of sp³-hybridized carbons (Fsp3) is 0.880. The standard InChI is InChI=1S/2C18H39N.C14H21BO2/c2*1-2-3-4-5-6-7-8-9-10-11-12-13-14-15-16-17-18-19;1-3-5-7-12-9-13(8-6-4-2)11-14(10-12)15(16)17/h2*2-19H2,1H3;9-11H,3-8H2,1-2H3/q;;-2/p+2. The lowest BCUT2D eigenvalue weighted by atomic mass is 9.78. The molecule has 0 radical (unpaired) electrons. The van der Waals surface area contributed by atoms with Gasteiger partial charge in [-0.1, -0.05) is 246 Å². The molecule has 1 aromatic carbocycles. The summed E-state index contributed by atoms with van der Waals surface area (Å²) in [5.41, 5.74) is 10.5. The van der Waals surface area contributed by atoms with Crippen molar-refractivity contribution in [2.75, 3.05) is 13.1 Å². The number of rotatable bonds is 39. The summed E-state index contributed by atoms with van der Waals surface area (Å²) < 4.78 is 0. The van der Waals surface area contributed by atoms with Crippen molar-refractivity contribution in [1.82, 2.24) is 0 Å². The average molecular weight is 773 g/mol. The minimum atomic E-state index is -1.85. The van der Waals surface area contributed by atoms with Gasteiger partial charge in [-0.2, -0.15) is 0 Å². The van der Waals surface area contributed by atoms with Gasteiger partial charge >= 0.3 is 0 Å². The van der Waals surface area contributed by atoms with Crippen LogP contribution in [0.5, 0.6) is 0 Å². The van der Waals surface area contributed by atoms with Crippen molar-refractivity contribution >= 4 is 12.6 Å². The first-order valence-electron chi connectivity index (χ1n) is 25.0. The first kappa shape index (κ1) is 56.2. The molecule has 5 heteroatoms. The SMILES string of the molecule is CCCCCCCCCCCCCCCCCC[NH3+].CCCCCCCCCCCCCCCCCC[NH3+].CCCCc1cc(CCCC)cc(B([O-])[O-])c1. The van der Waals surface area contributed by atoms with Gasteiger partial charge in [-0.05, 0) is 62.5 Å². The molecule has 6 N–H and O–H groups in total. The van der Waals surface area contributed by atoms with Gasteiger partial charge in [0.2, 0.25) is 0 Å². The van der Waals surface area contributed by atoms with Gasteiger partial charge in [0.15, 0.2) is 0 Å². The molecule has 1 aromatic rings. The summed E-state index contributed by atoms with van der Waals surface area (Å²) in [7, 11) is -1.85. The first-order valence-corrected chi connectivity index (χ1v) is 25.0. The normalized spacial score (nSPS) is 10.9. The highest BCUT2D eigenvalue weighted by atomic mass is 16.4. The average Bonchev–Trinajstić information content (AvgIpc) is 3.19. The van der Waals surface area contributed by atoms with Crippen LogP contribution in [0.1, 0.15) is 270 Å². The van der Waals surface area contributed by atoms with E-state index in [4.69, 9.17) is 0 Å². The molecule has 0 aliphatic heterocycles. The van der Waals surface area contributed by atoms with Crippen LogP contribution in [0.4, 0.5) is 0 Å². The summed E-state index contributed by atoms with van der Waals surface area (Å²) in [6, 6.07) is 5.72. The lowest BCUT2D eigenvalue weighted by molar-refractivity contribution is -0.368. The monoisotopic (exact) mass is 773 g/mol. The number of quaternary nitrogens is 2. The Morgan fingerprint density at radius 2 is 0.545 bits per heavy atom. The molecule has 0 amide bonds. The van der Waals surface area contributed by atoms with Crippen molar-refractivity contribution in [3.05, 3.63) is 29.3 Å². The van der Waals surface area contributed by atoms with E-state index >= 15 is 0 Å². The zero-order chi connectivity index (χ0) is 40.7. The quantitative estimate of drug-likeness (QED) is 0.0514. The second kappa shape index (κ2) is 49.3. The van der Waals surface area contributed by atoms with Crippen LogP contribution in [0.2, 0.25) is 0 Å². The molecule has 0 unspecified atom stereocenters. The van der Waals surface area contributed by atoms with Gasteiger partial charge < -0.3 is 21.5 Å². The van der Waals surface area contributed by atoms with Crippen LogP contribution in [0.3, 0.4) is 0 Å². The minimum Gasteiger partial charge on any atom is -0.889 e. The number of aryl methyl sites for hydroxylation is 2. The van der Waals surface area contributed by atoms with Crippen molar-refractivity contribution in [3.63, 3.8) is 0 Å². The lowest BCUT2D eigenvalue weighted by Gasteiger charge is -2.28. The maximum atomic E-state index is 11.0. The Morgan fingerprint density at radius 1 is 0.327 bits per heavy atom. The highest BCUT2D eigenvalue weighted by Gasteiger charge is 2.01. The summed E-state index contributed by atoms with van der Waals surface area (Å²) in [5.74, 6) is 0. The predicted octanol–water partition coefficient (Wildman–Crippen LogP) is 11.8.